The summed E-state index contributed by atoms with van der Waals surface area (Å²) >= 11 is 0. The molecule has 1 saturated heterocycles. The largest absolute Gasteiger partial charge is 0.371 e. The van der Waals surface area contributed by atoms with Crippen molar-refractivity contribution in [3.8, 4) is 11.3 Å². The lowest BCUT2D eigenvalue weighted by Crippen LogP contribution is -2.42. The van der Waals surface area contributed by atoms with Crippen LogP contribution in [0.4, 0.5) is 5.69 Å². The zero-order valence-corrected chi connectivity index (χ0v) is 23.5. The first kappa shape index (κ1) is 24.9. The molecule has 1 aliphatic heterocycles. The second kappa shape index (κ2) is 9.72. The monoisotopic (exact) mass is 505 g/mol. The summed E-state index contributed by atoms with van der Waals surface area (Å²) in [6.07, 6.45) is 8.56. The van der Waals surface area contributed by atoms with E-state index in [4.69, 9.17) is 4.52 Å². The van der Waals surface area contributed by atoms with Crippen molar-refractivity contribution < 1.29 is 4.52 Å². The van der Waals surface area contributed by atoms with E-state index in [1.54, 1.807) is 0 Å². The number of aryl methyl sites for hydroxylation is 3. The van der Waals surface area contributed by atoms with Crippen LogP contribution in [0.2, 0.25) is 0 Å². The molecule has 2 fully saturated rings. The third-order valence-electron chi connectivity index (χ3n) is 8.66. The smallest absolute Gasteiger partial charge is 0.147 e. The second-order valence-electron chi connectivity index (χ2n) is 11.3. The number of nitrogens with zero attached hydrogens (tertiary/aromatic N) is 3. The van der Waals surface area contributed by atoms with Gasteiger partial charge in [0.05, 0.1) is 5.52 Å². The van der Waals surface area contributed by atoms with Crippen LogP contribution in [0.15, 0.2) is 59.1 Å². The van der Waals surface area contributed by atoms with Gasteiger partial charge in [0.1, 0.15) is 11.5 Å². The summed E-state index contributed by atoms with van der Waals surface area (Å²) in [6, 6.07) is 17.5. The Bertz CT molecular complexity index is 1500. The van der Waals surface area contributed by atoms with Crippen molar-refractivity contribution in [2.45, 2.75) is 72.6 Å². The third-order valence-corrected chi connectivity index (χ3v) is 8.66. The average Bonchev–Trinajstić information content (AvgIpc) is 3.68. The quantitative estimate of drug-likeness (QED) is 0.278. The van der Waals surface area contributed by atoms with Gasteiger partial charge in [-0.15, -0.1) is 0 Å². The van der Waals surface area contributed by atoms with Gasteiger partial charge in [-0.3, -0.25) is 4.98 Å². The Morgan fingerprint density at radius 3 is 2.29 bits per heavy atom. The molecule has 0 atom stereocenters. The van der Waals surface area contributed by atoms with Gasteiger partial charge in [0.2, 0.25) is 0 Å². The van der Waals surface area contributed by atoms with E-state index in [0.29, 0.717) is 11.3 Å². The molecule has 2 aromatic heterocycles. The fourth-order valence-electron chi connectivity index (χ4n) is 6.42. The number of hydrogen-bond acceptors (Lipinski definition) is 4. The van der Waals surface area contributed by atoms with Gasteiger partial charge in [0.25, 0.3) is 0 Å². The van der Waals surface area contributed by atoms with Crippen molar-refractivity contribution in [2.75, 3.05) is 18.0 Å². The number of fused-ring (bicyclic) bond motifs is 1. The van der Waals surface area contributed by atoms with E-state index in [1.165, 1.54) is 64.6 Å². The highest BCUT2D eigenvalue weighted by atomic mass is 16.5. The van der Waals surface area contributed by atoms with Crippen molar-refractivity contribution in [2.24, 2.45) is 5.41 Å². The predicted molar refractivity (Wildman–Crippen MR) is 158 cm³/mol. The molecule has 1 saturated carbocycles. The maximum atomic E-state index is 6.03. The van der Waals surface area contributed by atoms with Gasteiger partial charge >= 0.3 is 0 Å². The van der Waals surface area contributed by atoms with E-state index in [-0.39, 0.29) is 0 Å². The first-order valence-electron chi connectivity index (χ1n) is 14.4. The fourth-order valence-corrected chi connectivity index (χ4v) is 6.42. The van der Waals surface area contributed by atoms with Gasteiger partial charge in [-0.1, -0.05) is 49.3 Å². The number of hydrogen-bond donors (Lipinski definition) is 0. The van der Waals surface area contributed by atoms with E-state index in [9.17, 15) is 0 Å². The SMILES string of the molecule is CC.Cc1ccc2cc(N3CCC4(C=C(c5c(-c6c(C)cccc6C)noc5C5CC5)C4)CC3)ccc2n1. The summed E-state index contributed by atoms with van der Waals surface area (Å²) in [4.78, 5) is 7.21. The van der Waals surface area contributed by atoms with Crippen molar-refractivity contribution >= 4 is 22.2 Å². The first-order valence-corrected chi connectivity index (χ1v) is 14.4. The van der Waals surface area contributed by atoms with E-state index in [1.807, 2.05) is 13.8 Å². The van der Waals surface area contributed by atoms with Crippen LogP contribution < -0.4 is 4.90 Å². The highest BCUT2D eigenvalue weighted by Crippen LogP contribution is 2.56. The van der Waals surface area contributed by atoms with Gasteiger partial charge in [-0.25, -0.2) is 0 Å². The molecule has 2 aromatic carbocycles. The third kappa shape index (κ3) is 4.34. The molecule has 2 aliphatic carbocycles. The zero-order valence-electron chi connectivity index (χ0n) is 23.5. The van der Waals surface area contributed by atoms with Crippen molar-refractivity contribution in [3.05, 3.63) is 82.8 Å². The van der Waals surface area contributed by atoms with Crippen LogP contribution >= 0.6 is 0 Å². The molecule has 1 spiro atoms. The van der Waals surface area contributed by atoms with Gasteiger partial charge in [-0.2, -0.15) is 0 Å². The fraction of sp³-hybridized carbons (Fsp3) is 0.412. The molecular formula is C34H39N3O. The maximum absolute atomic E-state index is 6.03. The zero-order chi connectivity index (χ0) is 26.4. The molecule has 38 heavy (non-hydrogen) atoms. The molecule has 3 aliphatic rings. The minimum absolute atomic E-state index is 0.317. The van der Waals surface area contributed by atoms with Gasteiger partial charge < -0.3 is 9.42 Å². The van der Waals surface area contributed by atoms with E-state index in [0.717, 1.165) is 42.2 Å². The van der Waals surface area contributed by atoms with Crippen LogP contribution in [0.25, 0.3) is 27.7 Å². The molecule has 4 heteroatoms. The summed E-state index contributed by atoms with van der Waals surface area (Å²) in [5.41, 5.74) is 11.4. The average molecular weight is 506 g/mol. The lowest BCUT2D eigenvalue weighted by atomic mass is 9.63. The Labute approximate surface area is 226 Å². The second-order valence-corrected chi connectivity index (χ2v) is 11.3. The van der Waals surface area contributed by atoms with Crippen LogP contribution in [-0.2, 0) is 0 Å². The van der Waals surface area contributed by atoms with Crippen molar-refractivity contribution in [3.63, 3.8) is 0 Å². The van der Waals surface area contributed by atoms with Crippen LogP contribution in [0, 0.1) is 26.2 Å². The predicted octanol–water partition coefficient (Wildman–Crippen LogP) is 8.79. The molecule has 7 rings (SSSR count). The molecule has 4 aromatic rings. The Hall–Kier alpha value is -3.40. The normalized spacial score (nSPS) is 18.1. The summed E-state index contributed by atoms with van der Waals surface area (Å²) in [7, 11) is 0. The Morgan fingerprint density at radius 1 is 0.895 bits per heavy atom. The summed E-state index contributed by atoms with van der Waals surface area (Å²) in [5, 5.41) is 5.88. The molecule has 3 heterocycles. The van der Waals surface area contributed by atoms with Crippen LogP contribution in [0.3, 0.4) is 0 Å². The number of benzene rings is 2. The lowest BCUT2D eigenvalue weighted by molar-refractivity contribution is 0.277. The minimum Gasteiger partial charge on any atom is -0.371 e. The molecular weight excluding hydrogens is 466 g/mol. The molecule has 0 N–H and O–H groups in total. The summed E-state index contributed by atoms with van der Waals surface area (Å²) in [6.45, 7) is 12.6. The first-order chi connectivity index (χ1) is 18.5. The van der Waals surface area contributed by atoms with E-state index in [2.05, 4.69) is 90.4 Å². The highest BCUT2D eigenvalue weighted by molar-refractivity contribution is 5.86. The number of rotatable bonds is 4. The maximum Gasteiger partial charge on any atom is 0.147 e. The molecule has 0 amide bonds. The topological polar surface area (TPSA) is 42.2 Å². The van der Waals surface area contributed by atoms with E-state index >= 15 is 0 Å². The Kier molecular flexibility index (Phi) is 6.37. The van der Waals surface area contributed by atoms with Crippen LogP contribution in [0.1, 0.15) is 80.0 Å². The number of piperidine rings is 1. The van der Waals surface area contributed by atoms with Gasteiger partial charge in [0, 0.05) is 46.9 Å². The summed E-state index contributed by atoms with van der Waals surface area (Å²) in [5.74, 6) is 1.68. The molecule has 0 bridgehead atoms. The lowest BCUT2D eigenvalue weighted by Gasteiger charge is -2.47. The number of allylic oxidation sites excluding steroid dienone is 2. The molecule has 4 nitrogen and oxygen atoms in total. The van der Waals surface area contributed by atoms with Gasteiger partial charge in [0.15, 0.2) is 0 Å². The summed E-state index contributed by atoms with van der Waals surface area (Å²) < 4.78 is 6.03. The Balaban J connectivity index is 0.00000129. The minimum atomic E-state index is 0.317. The molecule has 0 unspecified atom stereocenters. The van der Waals surface area contributed by atoms with Crippen LogP contribution in [-0.4, -0.2) is 23.2 Å². The van der Waals surface area contributed by atoms with Gasteiger partial charge in [-0.05, 0) is 99.3 Å². The number of anilines is 1. The van der Waals surface area contributed by atoms with Crippen LogP contribution in [0.5, 0.6) is 0 Å². The highest BCUT2D eigenvalue weighted by Gasteiger charge is 2.44. The van der Waals surface area contributed by atoms with Crippen molar-refractivity contribution in [1.82, 2.24) is 10.1 Å². The Morgan fingerprint density at radius 2 is 1.61 bits per heavy atom. The van der Waals surface area contributed by atoms with Crippen molar-refractivity contribution in [1.29, 1.82) is 0 Å². The molecule has 196 valence electrons. The number of pyridine rings is 1. The standard InChI is InChI=1S/C32H33N3O.C2H6/c1-20-5-4-6-21(2)28(20)30-29(31(36-34-30)23-9-10-23)25-18-32(19-25)13-15-35(16-14-32)26-11-12-27-24(17-26)8-7-22(3)33-27;1-2/h4-8,11-12,17-18,23H,9-10,13-16,19H2,1-3H3;1-2H3. The number of aromatic nitrogens is 2. The molecule has 0 radical (unpaired) electrons. The van der Waals surface area contributed by atoms with E-state index < -0.39 is 0 Å².